The van der Waals surface area contributed by atoms with Crippen molar-refractivity contribution < 1.29 is 9.53 Å². The number of hydrogen-bond donors (Lipinski definition) is 0. The van der Waals surface area contributed by atoms with Crippen LogP contribution in [0.15, 0.2) is 24.3 Å². The lowest BCUT2D eigenvalue weighted by Gasteiger charge is -2.36. The molecule has 21 heavy (non-hydrogen) atoms. The summed E-state index contributed by atoms with van der Waals surface area (Å²) in [5.41, 5.74) is 1.07. The van der Waals surface area contributed by atoms with E-state index in [-0.39, 0.29) is 12.0 Å². The first kappa shape index (κ1) is 13.0. The molecule has 0 saturated carbocycles. The van der Waals surface area contributed by atoms with E-state index in [0.717, 1.165) is 43.2 Å². The van der Waals surface area contributed by atoms with Crippen LogP contribution in [0.3, 0.4) is 0 Å². The molecule has 2 aromatic rings. The second kappa shape index (κ2) is 5.27. The first-order chi connectivity index (χ1) is 10.3. The molecule has 5 nitrogen and oxygen atoms in total. The lowest BCUT2D eigenvalue weighted by Crippen LogP contribution is -2.51. The Morgan fingerprint density at radius 3 is 2.71 bits per heavy atom. The topological polar surface area (TPSA) is 45.7 Å². The van der Waals surface area contributed by atoms with Crippen LogP contribution in [-0.2, 0) is 9.53 Å². The van der Waals surface area contributed by atoms with Crippen LogP contribution < -0.4 is 4.90 Å². The maximum Gasteiger partial charge on any atom is 0.323 e. The van der Waals surface area contributed by atoms with Gasteiger partial charge in [0, 0.05) is 32.6 Å². The van der Waals surface area contributed by atoms with E-state index in [1.807, 2.05) is 12.1 Å². The molecule has 0 N–H and O–H groups in total. The van der Waals surface area contributed by atoms with Crippen molar-refractivity contribution in [2.45, 2.75) is 12.5 Å². The Labute approximate surface area is 127 Å². The molecule has 1 aromatic heterocycles. The molecule has 2 saturated heterocycles. The monoisotopic (exact) mass is 303 g/mol. The predicted octanol–water partition coefficient (Wildman–Crippen LogP) is 1.73. The number of thiazole rings is 1. The zero-order chi connectivity index (χ0) is 14.2. The first-order valence-electron chi connectivity index (χ1n) is 7.32. The maximum absolute atomic E-state index is 11.7. The summed E-state index contributed by atoms with van der Waals surface area (Å²) in [7, 11) is 0. The number of cyclic esters (lactones) is 1. The zero-order valence-corrected chi connectivity index (χ0v) is 12.5. The van der Waals surface area contributed by atoms with Gasteiger partial charge in [-0.3, -0.25) is 9.69 Å². The third-order valence-corrected chi connectivity index (χ3v) is 5.31. The number of fused-ring (bicyclic) bond motifs is 1. The Morgan fingerprint density at radius 2 is 2.00 bits per heavy atom. The Balaban J connectivity index is 1.46. The highest BCUT2D eigenvalue weighted by molar-refractivity contribution is 7.22. The molecular weight excluding hydrogens is 286 g/mol. The highest BCUT2D eigenvalue weighted by atomic mass is 32.1. The standard InChI is InChI=1S/C15H17N3O2S/c19-14-12(5-10-20-14)17-6-8-18(9-7-17)15-16-11-3-1-2-4-13(11)21-15/h1-4,12H,5-10H2/t12-/m0/s1. The number of piperazine rings is 1. The van der Waals surface area contributed by atoms with Gasteiger partial charge < -0.3 is 9.64 Å². The van der Waals surface area contributed by atoms with Gasteiger partial charge in [-0.25, -0.2) is 4.98 Å². The largest absolute Gasteiger partial charge is 0.464 e. The van der Waals surface area contributed by atoms with Crippen molar-refractivity contribution in [3.05, 3.63) is 24.3 Å². The number of aromatic nitrogens is 1. The third kappa shape index (κ3) is 2.38. The molecule has 0 unspecified atom stereocenters. The molecule has 2 aliphatic heterocycles. The number of nitrogens with zero attached hydrogens (tertiary/aromatic N) is 3. The second-order valence-corrected chi connectivity index (χ2v) is 6.47. The van der Waals surface area contributed by atoms with Crippen LogP contribution in [0.4, 0.5) is 5.13 Å². The summed E-state index contributed by atoms with van der Waals surface area (Å²) in [5, 5.41) is 1.09. The molecule has 0 aliphatic carbocycles. The van der Waals surface area contributed by atoms with Crippen molar-refractivity contribution in [2.24, 2.45) is 0 Å². The summed E-state index contributed by atoms with van der Waals surface area (Å²) in [6.45, 7) is 4.21. The normalized spacial score (nSPS) is 23.7. The fourth-order valence-electron chi connectivity index (χ4n) is 3.04. The number of carbonyl (C=O) groups excluding carboxylic acids is 1. The SMILES string of the molecule is O=C1OCC[C@@H]1N1CCN(c2nc3ccccc3s2)CC1. The average molecular weight is 303 g/mol. The minimum Gasteiger partial charge on any atom is -0.464 e. The van der Waals surface area contributed by atoms with Crippen molar-refractivity contribution in [1.82, 2.24) is 9.88 Å². The molecular formula is C15H17N3O2S. The van der Waals surface area contributed by atoms with Gasteiger partial charge in [-0.05, 0) is 12.1 Å². The van der Waals surface area contributed by atoms with E-state index in [1.54, 1.807) is 11.3 Å². The number of para-hydroxylation sites is 1. The smallest absolute Gasteiger partial charge is 0.323 e. The summed E-state index contributed by atoms with van der Waals surface area (Å²) in [5.74, 6) is -0.0524. The minimum atomic E-state index is -0.0524. The van der Waals surface area contributed by atoms with Crippen LogP contribution >= 0.6 is 11.3 Å². The Hall–Kier alpha value is -1.66. The van der Waals surface area contributed by atoms with Gasteiger partial charge >= 0.3 is 5.97 Å². The lowest BCUT2D eigenvalue weighted by molar-refractivity contribution is -0.142. The molecule has 3 heterocycles. The fourth-order valence-corrected chi connectivity index (χ4v) is 4.05. The van der Waals surface area contributed by atoms with Gasteiger partial charge in [-0.15, -0.1) is 0 Å². The third-order valence-electron chi connectivity index (χ3n) is 4.22. The number of esters is 1. The first-order valence-corrected chi connectivity index (χ1v) is 8.14. The van der Waals surface area contributed by atoms with Gasteiger partial charge in [0.25, 0.3) is 0 Å². The van der Waals surface area contributed by atoms with E-state index in [1.165, 1.54) is 4.70 Å². The summed E-state index contributed by atoms with van der Waals surface area (Å²) in [4.78, 5) is 20.9. The molecule has 6 heteroatoms. The molecule has 1 aromatic carbocycles. The van der Waals surface area contributed by atoms with Gasteiger partial charge in [0.1, 0.15) is 6.04 Å². The number of hydrogen-bond acceptors (Lipinski definition) is 6. The van der Waals surface area contributed by atoms with Crippen LogP contribution in [-0.4, -0.2) is 54.7 Å². The quantitative estimate of drug-likeness (QED) is 0.791. The highest BCUT2D eigenvalue weighted by Crippen LogP contribution is 2.29. The zero-order valence-electron chi connectivity index (χ0n) is 11.7. The van der Waals surface area contributed by atoms with Crippen LogP contribution in [0, 0.1) is 0 Å². The number of ether oxygens (including phenoxy) is 1. The van der Waals surface area contributed by atoms with Crippen molar-refractivity contribution >= 4 is 32.7 Å². The van der Waals surface area contributed by atoms with Gasteiger partial charge in [0.15, 0.2) is 5.13 Å². The molecule has 0 spiro atoms. The summed E-state index contributed by atoms with van der Waals surface area (Å²) in [6, 6.07) is 8.22. The number of anilines is 1. The van der Waals surface area contributed by atoms with Gasteiger partial charge in [-0.2, -0.15) is 0 Å². The van der Waals surface area contributed by atoms with Crippen LogP contribution in [0.5, 0.6) is 0 Å². The van der Waals surface area contributed by atoms with E-state index < -0.39 is 0 Å². The molecule has 2 fully saturated rings. The molecule has 2 aliphatic rings. The predicted molar refractivity (Wildman–Crippen MR) is 82.8 cm³/mol. The van der Waals surface area contributed by atoms with Gasteiger partial charge in [0.2, 0.25) is 0 Å². The van der Waals surface area contributed by atoms with Crippen LogP contribution in [0.1, 0.15) is 6.42 Å². The van der Waals surface area contributed by atoms with Crippen molar-refractivity contribution in [2.75, 3.05) is 37.7 Å². The van der Waals surface area contributed by atoms with Crippen molar-refractivity contribution in [3.63, 3.8) is 0 Å². The summed E-state index contributed by atoms with van der Waals surface area (Å²) in [6.07, 6.45) is 0.833. The summed E-state index contributed by atoms with van der Waals surface area (Å²) < 4.78 is 6.30. The Morgan fingerprint density at radius 1 is 1.19 bits per heavy atom. The molecule has 110 valence electrons. The molecule has 0 radical (unpaired) electrons. The fraction of sp³-hybridized carbons (Fsp3) is 0.467. The van der Waals surface area contributed by atoms with Crippen molar-refractivity contribution in [1.29, 1.82) is 0 Å². The van der Waals surface area contributed by atoms with Crippen LogP contribution in [0.2, 0.25) is 0 Å². The van der Waals surface area contributed by atoms with E-state index in [9.17, 15) is 4.79 Å². The van der Waals surface area contributed by atoms with Gasteiger partial charge in [-0.1, -0.05) is 23.5 Å². The summed E-state index contributed by atoms with van der Waals surface area (Å²) >= 11 is 1.74. The molecule has 0 bridgehead atoms. The minimum absolute atomic E-state index is 0.0254. The number of benzene rings is 1. The second-order valence-electron chi connectivity index (χ2n) is 5.46. The highest BCUT2D eigenvalue weighted by Gasteiger charge is 2.34. The number of rotatable bonds is 2. The molecule has 1 atom stereocenters. The van der Waals surface area contributed by atoms with Gasteiger partial charge in [0.05, 0.1) is 16.8 Å². The molecule has 4 rings (SSSR count). The van der Waals surface area contributed by atoms with E-state index in [2.05, 4.69) is 21.9 Å². The van der Waals surface area contributed by atoms with Crippen LogP contribution in [0.25, 0.3) is 10.2 Å². The van der Waals surface area contributed by atoms with Crippen molar-refractivity contribution in [3.8, 4) is 0 Å². The number of carbonyl (C=O) groups is 1. The lowest BCUT2D eigenvalue weighted by atomic mass is 10.2. The average Bonchev–Trinajstić information content (AvgIpc) is 3.13. The van der Waals surface area contributed by atoms with E-state index in [0.29, 0.717) is 6.61 Å². The molecule has 0 amide bonds. The Bertz CT molecular complexity index is 631. The van der Waals surface area contributed by atoms with E-state index in [4.69, 9.17) is 9.72 Å². The Kier molecular flexibility index (Phi) is 3.27. The van der Waals surface area contributed by atoms with E-state index >= 15 is 0 Å². The maximum atomic E-state index is 11.7.